The number of hydrogen-bond donors (Lipinski definition) is 1. The zero-order valence-electron chi connectivity index (χ0n) is 23.8. The first kappa shape index (κ1) is 30.4. The summed E-state index contributed by atoms with van der Waals surface area (Å²) in [4.78, 5) is 14.6. The third-order valence-corrected chi connectivity index (χ3v) is 12.1. The highest BCUT2D eigenvalue weighted by molar-refractivity contribution is 7.91. The quantitative estimate of drug-likeness (QED) is 0.463. The first-order valence-electron chi connectivity index (χ1n) is 14.4. The van der Waals surface area contributed by atoms with Crippen LogP contribution in [-0.4, -0.2) is 73.8 Å². The fraction of sp³-hybridized carbons (Fsp3) is 0.500. The van der Waals surface area contributed by atoms with Gasteiger partial charge >= 0.3 is 0 Å². The van der Waals surface area contributed by atoms with Gasteiger partial charge < -0.3 is 19.1 Å². The zero-order valence-corrected chi connectivity index (χ0v) is 26.2. The molecule has 3 aliphatic heterocycles. The summed E-state index contributed by atoms with van der Waals surface area (Å²) < 4.78 is 72.4. The van der Waals surface area contributed by atoms with E-state index in [-0.39, 0.29) is 35.2 Å². The molecule has 13 heteroatoms. The van der Waals surface area contributed by atoms with Gasteiger partial charge in [-0.15, -0.1) is 0 Å². The number of sulfone groups is 1. The Morgan fingerprint density at radius 1 is 1.09 bits per heavy atom. The molecule has 0 aromatic heterocycles. The second kappa shape index (κ2) is 11.7. The number of methoxy groups -OCH3 is 1. The van der Waals surface area contributed by atoms with Gasteiger partial charge in [-0.3, -0.25) is 4.79 Å². The van der Waals surface area contributed by atoms with Crippen LogP contribution < -0.4 is 14.4 Å². The summed E-state index contributed by atoms with van der Waals surface area (Å²) in [6.07, 6.45) is 5.15. The topological polar surface area (TPSA) is 128 Å². The number of nitrogens with zero attached hydrogens (tertiary/aromatic N) is 1. The molecule has 43 heavy (non-hydrogen) atoms. The number of rotatable bonds is 1. The van der Waals surface area contributed by atoms with Crippen LogP contribution in [0, 0.1) is 11.8 Å². The molecule has 2 bridgehead atoms. The van der Waals surface area contributed by atoms with Crippen molar-refractivity contribution in [1.82, 2.24) is 4.72 Å². The van der Waals surface area contributed by atoms with Gasteiger partial charge in [0.1, 0.15) is 18.0 Å². The maximum Gasteiger partial charge on any atom is 0.264 e. The first-order valence-corrected chi connectivity index (χ1v) is 18.1. The van der Waals surface area contributed by atoms with Crippen LogP contribution in [0.1, 0.15) is 30.4 Å². The molecule has 2 aromatic carbocycles. The number of sulfonamides is 1. The number of carbonyl (C=O) groups excluding carboxylic acids is 1. The molecular formula is C30H35ClN2O8S2. The molecule has 1 N–H and O–H groups in total. The van der Waals surface area contributed by atoms with E-state index in [2.05, 4.69) is 4.90 Å². The van der Waals surface area contributed by atoms with E-state index in [9.17, 15) is 21.6 Å². The number of anilines is 1. The standard InChI is InChI=1S/C30H35ClN2O8S2/c1-39-27-3-2-13-42(35,36)14-11-29(34)32-43(37,38)23-6-9-28-26(16-23)33(17-21-4-7-24(21)27)18-30(19-40-28)25-8-5-22(31)15-20(25)10-12-41-30/h2-3,5-6,8-9,15-16,21,24,27H,4,7,10-14,17-19H2,1H3,(H,32,34)/b3-2+/t21-,24+,27?,30+/m0/s1. The minimum Gasteiger partial charge on any atom is -0.488 e. The van der Waals surface area contributed by atoms with Crippen molar-refractivity contribution in [1.29, 1.82) is 0 Å². The Morgan fingerprint density at radius 3 is 2.70 bits per heavy atom. The second-order valence-electron chi connectivity index (χ2n) is 11.7. The highest BCUT2D eigenvalue weighted by atomic mass is 35.5. The van der Waals surface area contributed by atoms with Gasteiger partial charge in [-0.1, -0.05) is 29.8 Å². The molecule has 6 rings (SSSR count). The molecule has 0 saturated heterocycles. The number of nitrogens with one attached hydrogen (secondary N) is 1. The molecule has 1 spiro atoms. The van der Waals surface area contributed by atoms with Gasteiger partial charge in [0.05, 0.1) is 41.3 Å². The average Bonchev–Trinajstić information content (AvgIpc) is 3.10. The summed E-state index contributed by atoms with van der Waals surface area (Å²) in [6, 6.07) is 10.3. The number of ether oxygens (including phenoxy) is 3. The fourth-order valence-corrected chi connectivity index (χ4v) is 8.88. The summed E-state index contributed by atoms with van der Waals surface area (Å²) in [6.45, 7) is 1.67. The van der Waals surface area contributed by atoms with Crippen molar-refractivity contribution < 1.29 is 35.8 Å². The average molecular weight is 651 g/mol. The van der Waals surface area contributed by atoms with Gasteiger partial charge in [0.25, 0.3) is 10.0 Å². The Bertz CT molecular complexity index is 1660. The molecule has 232 valence electrons. The number of amides is 1. The van der Waals surface area contributed by atoms with E-state index in [1.807, 2.05) is 22.9 Å². The molecule has 10 nitrogen and oxygen atoms in total. The van der Waals surface area contributed by atoms with Gasteiger partial charge in [-0.05, 0) is 72.6 Å². The molecule has 4 aliphatic rings. The molecule has 3 heterocycles. The van der Waals surface area contributed by atoms with E-state index in [0.29, 0.717) is 36.2 Å². The lowest BCUT2D eigenvalue weighted by atomic mass is 9.70. The van der Waals surface area contributed by atoms with Crippen LogP contribution in [0.5, 0.6) is 5.75 Å². The van der Waals surface area contributed by atoms with Crippen molar-refractivity contribution >= 4 is 43.1 Å². The third-order valence-electron chi connectivity index (χ3n) is 8.99. The molecule has 4 atom stereocenters. The molecule has 1 amide bonds. The highest BCUT2D eigenvalue weighted by Crippen LogP contribution is 2.45. The first-order chi connectivity index (χ1) is 20.5. The molecule has 1 aliphatic carbocycles. The van der Waals surface area contributed by atoms with Crippen molar-refractivity contribution in [2.75, 3.05) is 49.8 Å². The predicted octanol–water partition coefficient (Wildman–Crippen LogP) is 3.23. The van der Waals surface area contributed by atoms with Gasteiger partial charge in [-0.25, -0.2) is 21.6 Å². The molecule has 2 aromatic rings. The Morgan fingerprint density at radius 2 is 1.93 bits per heavy atom. The minimum atomic E-state index is -4.28. The minimum absolute atomic E-state index is 0.116. The fourth-order valence-electron chi connectivity index (χ4n) is 6.59. The van der Waals surface area contributed by atoms with E-state index < -0.39 is 43.5 Å². The number of carbonyl (C=O) groups is 1. The maximum atomic E-state index is 13.3. The normalized spacial score (nSPS) is 30.8. The lowest BCUT2D eigenvalue weighted by molar-refractivity contribution is -0.118. The van der Waals surface area contributed by atoms with Crippen LogP contribution in [-0.2, 0) is 46.2 Å². The Labute approximate surface area is 257 Å². The van der Waals surface area contributed by atoms with E-state index in [1.165, 1.54) is 12.1 Å². The molecular weight excluding hydrogens is 616 g/mol. The second-order valence-corrected chi connectivity index (χ2v) is 16.1. The van der Waals surface area contributed by atoms with Gasteiger partial charge in [0.2, 0.25) is 5.91 Å². The Kier molecular flexibility index (Phi) is 8.27. The van der Waals surface area contributed by atoms with Crippen LogP contribution in [0.15, 0.2) is 53.4 Å². The van der Waals surface area contributed by atoms with E-state index in [0.717, 1.165) is 30.4 Å². The number of hydrogen-bond acceptors (Lipinski definition) is 9. The monoisotopic (exact) mass is 650 g/mol. The van der Waals surface area contributed by atoms with E-state index in [1.54, 1.807) is 25.3 Å². The summed E-state index contributed by atoms with van der Waals surface area (Å²) in [5.41, 5.74) is 1.84. The summed E-state index contributed by atoms with van der Waals surface area (Å²) in [5, 5.41) is 0.648. The molecule has 1 unspecified atom stereocenters. The summed E-state index contributed by atoms with van der Waals surface area (Å²) in [5.74, 6) is -0.799. The van der Waals surface area contributed by atoms with Crippen molar-refractivity contribution in [3.63, 3.8) is 0 Å². The maximum absolute atomic E-state index is 13.3. The highest BCUT2D eigenvalue weighted by Gasteiger charge is 2.45. The predicted molar refractivity (Wildman–Crippen MR) is 162 cm³/mol. The number of fused-ring (bicyclic) bond motifs is 4. The van der Waals surface area contributed by atoms with Crippen molar-refractivity contribution in [2.24, 2.45) is 11.8 Å². The summed E-state index contributed by atoms with van der Waals surface area (Å²) in [7, 11) is -6.29. The Hall–Kier alpha value is -2.64. The van der Waals surface area contributed by atoms with Crippen molar-refractivity contribution in [3.05, 3.63) is 64.7 Å². The largest absolute Gasteiger partial charge is 0.488 e. The third kappa shape index (κ3) is 6.17. The zero-order chi connectivity index (χ0) is 30.4. The molecule has 1 fully saturated rings. The molecule has 0 radical (unpaired) electrons. The van der Waals surface area contributed by atoms with Crippen LogP contribution in [0.2, 0.25) is 5.02 Å². The van der Waals surface area contributed by atoms with Crippen molar-refractivity contribution in [2.45, 2.75) is 42.3 Å². The number of halogens is 1. The SMILES string of the molecule is COC1/C=C/CS(=O)(=O)CCC(=O)NS(=O)(=O)c2ccc3c(c2)N(C[C@@H]2CC[C@@H]12)C[C@]1(CO3)OCCc2cc(Cl)ccc21. The van der Waals surface area contributed by atoms with Crippen LogP contribution in [0.4, 0.5) is 5.69 Å². The van der Waals surface area contributed by atoms with Gasteiger partial charge in [-0.2, -0.15) is 0 Å². The smallest absolute Gasteiger partial charge is 0.264 e. The summed E-state index contributed by atoms with van der Waals surface area (Å²) >= 11 is 6.33. The van der Waals surface area contributed by atoms with E-state index >= 15 is 0 Å². The Balaban J connectivity index is 1.43. The lowest BCUT2D eigenvalue weighted by Gasteiger charge is -2.45. The van der Waals surface area contributed by atoms with Crippen LogP contribution in [0.25, 0.3) is 0 Å². The van der Waals surface area contributed by atoms with Crippen molar-refractivity contribution in [3.8, 4) is 5.75 Å². The molecule has 1 saturated carbocycles. The van der Waals surface area contributed by atoms with Gasteiger partial charge in [0.15, 0.2) is 9.84 Å². The lowest BCUT2D eigenvalue weighted by Crippen LogP contribution is -2.51. The van der Waals surface area contributed by atoms with E-state index in [4.69, 9.17) is 25.8 Å². The van der Waals surface area contributed by atoms with Crippen LogP contribution >= 0.6 is 11.6 Å². The number of benzene rings is 2. The van der Waals surface area contributed by atoms with Crippen LogP contribution in [0.3, 0.4) is 0 Å². The van der Waals surface area contributed by atoms with Gasteiger partial charge in [0, 0.05) is 25.1 Å².